The molecule has 0 aliphatic carbocycles. The Balaban J connectivity index is 2.11. The maximum absolute atomic E-state index is 6.14. The number of hydrogen-bond donors (Lipinski definition) is 1. The van der Waals surface area contributed by atoms with Crippen LogP contribution in [0.3, 0.4) is 0 Å². The van der Waals surface area contributed by atoms with Gasteiger partial charge in [-0.05, 0) is 36.1 Å². The molecule has 1 aromatic carbocycles. The van der Waals surface area contributed by atoms with E-state index < -0.39 is 0 Å². The second-order valence-electron chi connectivity index (χ2n) is 4.14. The maximum atomic E-state index is 6.14. The standard InChI is InChI=1S/C13H19NO2S/c1-17-8-5-11(14)10-3-4-12-13(9-10)16-7-2-6-15-12/h3-4,9,11H,2,5-8,14H2,1H3. The van der Waals surface area contributed by atoms with Crippen LogP contribution in [-0.4, -0.2) is 25.2 Å². The molecule has 3 nitrogen and oxygen atoms in total. The molecule has 1 aromatic rings. The first kappa shape index (κ1) is 12.6. The van der Waals surface area contributed by atoms with Gasteiger partial charge in [0.25, 0.3) is 0 Å². The molecule has 1 aliphatic rings. The lowest BCUT2D eigenvalue weighted by Gasteiger charge is -2.14. The van der Waals surface area contributed by atoms with Gasteiger partial charge in [0.1, 0.15) is 0 Å². The zero-order valence-electron chi connectivity index (χ0n) is 10.1. The summed E-state index contributed by atoms with van der Waals surface area (Å²) in [4.78, 5) is 0. The predicted octanol–water partition coefficient (Wildman–Crippen LogP) is 2.60. The summed E-state index contributed by atoms with van der Waals surface area (Å²) in [6.07, 6.45) is 4.02. The Morgan fingerprint density at radius 1 is 1.29 bits per heavy atom. The van der Waals surface area contributed by atoms with Crippen LogP contribution in [0.4, 0.5) is 0 Å². The van der Waals surface area contributed by atoms with Gasteiger partial charge in [0.2, 0.25) is 0 Å². The van der Waals surface area contributed by atoms with Crippen LogP contribution in [0, 0.1) is 0 Å². The Morgan fingerprint density at radius 2 is 2.06 bits per heavy atom. The van der Waals surface area contributed by atoms with E-state index in [4.69, 9.17) is 15.2 Å². The molecule has 1 unspecified atom stereocenters. The van der Waals surface area contributed by atoms with Crippen molar-refractivity contribution in [3.63, 3.8) is 0 Å². The number of nitrogens with two attached hydrogens (primary N) is 1. The average molecular weight is 253 g/mol. The van der Waals surface area contributed by atoms with Gasteiger partial charge in [0.15, 0.2) is 11.5 Å². The summed E-state index contributed by atoms with van der Waals surface area (Å²) in [7, 11) is 0. The number of hydrogen-bond acceptors (Lipinski definition) is 4. The van der Waals surface area contributed by atoms with Gasteiger partial charge in [-0.1, -0.05) is 6.07 Å². The highest BCUT2D eigenvalue weighted by atomic mass is 32.2. The van der Waals surface area contributed by atoms with E-state index in [-0.39, 0.29) is 6.04 Å². The van der Waals surface area contributed by atoms with E-state index in [1.165, 1.54) is 0 Å². The second kappa shape index (κ2) is 6.17. The minimum atomic E-state index is 0.0830. The molecule has 1 aliphatic heterocycles. The van der Waals surface area contributed by atoms with E-state index >= 15 is 0 Å². The second-order valence-corrected chi connectivity index (χ2v) is 5.13. The first-order valence-corrected chi connectivity index (χ1v) is 7.34. The smallest absolute Gasteiger partial charge is 0.161 e. The normalized spacial score (nSPS) is 16.4. The van der Waals surface area contributed by atoms with Gasteiger partial charge >= 0.3 is 0 Å². The van der Waals surface area contributed by atoms with Gasteiger partial charge in [0.05, 0.1) is 13.2 Å². The highest BCUT2D eigenvalue weighted by molar-refractivity contribution is 7.98. The molecular weight excluding hydrogens is 234 g/mol. The largest absolute Gasteiger partial charge is 0.490 e. The van der Waals surface area contributed by atoms with Crippen LogP contribution in [-0.2, 0) is 0 Å². The number of fused-ring (bicyclic) bond motifs is 1. The molecule has 0 amide bonds. The molecule has 0 saturated heterocycles. The van der Waals surface area contributed by atoms with Gasteiger partial charge in [-0.2, -0.15) is 11.8 Å². The van der Waals surface area contributed by atoms with Crippen molar-refractivity contribution >= 4 is 11.8 Å². The summed E-state index contributed by atoms with van der Waals surface area (Å²) in [6.45, 7) is 1.45. The topological polar surface area (TPSA) is 44.5 Å². The molecular formula is C13H19NO2S. The van der Waals surface area contributed by atoms with E-state index in [9.17, 15) is 0 Å². The van der Waals surface area contributed by atoms with Crippen molar-refractivity contribution in [1.29, 1.82) is 0 Å². The summed E-state index contributed by atoms with van der Waals surface area (Å²) in [5, 5.41) is 0. The van der Waals surface area contributed by atoms with Gasteiger partial charge in [-0.25, -0.2) is 0 Å². The van der Waals surface area contributed by atoms with Crippen molar-refractivity contribution in [1.82, 2.24) is 0 Å². The maximum Gasteiger partial charge on any atom is 0.161 e. The van der Waals surface area contributed by atoms with Gasteiger partial charge < -0.3 is 15.2 Å². The molecule has 0 aromatic heterocycles. The lowest BCUT2D eigenvalue weighted by molar-refractivity contribution is 0.297. The van der Waals surface area contributed by atoms with E-state index in [0.29, 0.717) is 0 Å². The highest BCUT2D eigenvalue weighted by Gasteiger charge is 2.13. The van der Waals surface area contributed by atoms with Crippen LogP contribution in [0.5, 0.6) is 11.5 Å². The van der Waals surface area contributed by atoms with Crippen molar-refractivity contribution in [3.8, 4) is 11.5 Å². The molecule has 1 heterocycles. The van der Waals surface area contributed by atoms with Crippen LogP contribution >= 0.6 is 11.8 Å². The summed E-state index contributed by atoms with van der Waals surface area (Å²) in [6, 6.07) is 6.11. The SMILES string of the molecule is CSCCC(N)c1ccc2c(c1)OCCCO2. The van der Waals surface area contributed by atoms with Crippen LogP contribution in [0.15, 0.2) is 18.2 Å². The Labute approximate surface area is 107 Å². The fourth-order valence-electron chi connectivity index (χ4n) is 1.82. The van der Waals surface area contributed by atoms with Crippen molar-refractivity contribution < 1.29 is 9.47 Å². The number of rotatable bonds is 4. The molecule has 0 spiro atoms. The summed E-state index contributed by atoms with van der Waals surface area (Å²) in [5.41, 5.74) is 7.27. The monoisotopic (exact) mass is 253 g/mol. The van der Waals surface area contributed by atoms with Crippen molar-refractivity contribution in [2.24, 2.45) is 5.73 Å². The minimum Gasteiger partial charge on any atom is -0.490 e. The number of thioether (sulfide) groups is 1. The quantitative estimate of drug-likeness (QED) is 0.896. The van der Waals surface area contributed by atoms with Crippen molar-refractivity contribution in [3.05, 3.63) is 23.8 Å². The Hall–Kier alpha value is -0.870. The molecule has 94 valence electrons. The van der Waals surface area contributed by atoms with E-state index in [2.05, 4.69) is 6.26 Å². The zero-order valence-corrected chi connectivity index (χ0v) is 11.0. The third kappa shape index (κ3) is 3.30. The third-order valence-electron chi connectivity index (χ3n) is 2.83. The molecule has 4 heteroatoms. The Morgan fingerprint density at radius 3 is 2.82 bits per heavy atom. The summed E-state index contributed by atoms with van der Waals surface area (Å²) in [5.74, 6) is 2.75. The van der Waals surface area contributed by atoms with E-state index in [0.717, 1.165) is 48.9 Å². The summed E-state index contributed by atoms with van der Waals surface area (Å²) >= 11 is 1.82. The van der Waals surface area contributed by atoms with Crippen LogP contribution in [0.25, 0.3) is 0 Å². The predicted molar refractivity (Wildman–Crippen MR) is 72.0 cm³/mol. The molecule has 1 atom stereocenters. The van der Waals surface area contributed by atoms with Crippen molar-refractivity contribution in [2.45, 2.75) is 18.9 Å². The minimum absolute atomic E-state index is 0.0830. The Kier molecular flexibility index (Phi) is 4.57. The lowest BCUT2D eigenvalue weighted by atomic mass is 10.0. The van der Waals surface area contributed by atoms with Gasteiger partial charge in [-0.15, -0.1) is 0 Å². The van der Waals surface area contributed by atoms with Gasteiger partial charge in [0, 0.05) is 12.5 Å². The number of benzene rings is 1. The fraction of sp³-hybridized carbons (Fsp3) is 0.538. The molecule has 2 rings (SSSR count). The van der Waals surface area contributed by atoms with Crippen LogP contribution < -0.4 is 15.2 Å². The van der Waals surface area contributed by atoms with E-state index in [1.54, 1.807) is 0 Å². The zero-order chi connectivity index (χ0) is 12.1. The molecule has 0 saturated carbocycles. The Bertz CT molecular complexity index is 370. The van der Waals surface area contributed by atoms with Crippen LogP contribution in [0.2, 0.25) is 0 Å². The van der Waals surface area contributed by atoms with Crippen LogP contribution in [0.1, 0.15) is 24.4 Å². The fourth-order valence-corrected chi connectivity index (χ4v) is 2.31. The first-order chi connectivity index (χ1) is 8.31. The molecule has 0 radical (unpaired) electrons. The van der Waals surface area contributed by atoms with E-state index in [1.807, 2.05) is 30.0 Å². The molecule has 0 fully saturated rings. The van der Waals surface area contributed by atoms with Crippen molar-refractivity contribution in [2.75, 3.05) is 25.2 Å². The lowest BCUT2D eigenvalue weighted by Crippen LogP contribution is -2.11. The third-order valence-corrected chi connectivity index (χ3v) is 3.48. The highest BCUT2D eigenvalue weighted by Crippen LogP contribution is 2.32. The first-order valence-electron chi connectivity index (χ1n) is 5.95. The average Bonchev–Trinajstić information content (AvgIpc) is 2.60. The molecule has 17 heavy (non-hydrogen) atoms. The molecule has 0 bridgehead atoms. The number of ether oxygens (including phenoxy) is 2. The van der Waals surface area contributed by atoms with Gasteiger partial charge in [-0.3, -0.25) is 0 Å². The molecule has 2 N–H and O–H groups in total. The summed E-state index contributed by atoms with van der Waals surface area (Å²) < 4.78 is 11.3.